The molecule has 3 nitrogen and oxygen atoms in total. The lowest BCUT2D eigenvalue weighted by atomic mass is 10.2. The molecule has 1 aromatic carbocycles. The third kappa shape index (κ3) is 1.82. The molecule has 0 saturated carbocycles. The van der Waals surface area contributed by atoms with Crippen LogP contribution in [0.1, 0.15) is 31.2 Å². The van der Waals surface area contributed by atoms with Gasteiger partial charge in [0.2, 0.25) is 0 Å². The summed E-state index contributed by atoms with van der Waals surface area (Å²) >= 11 is 0. The molecule has 0 radical (unpaired) electrons. The van der Waals surface area contributed by atoms with Gasteiger partial charge in [0.1, 0.15) is 5.82 Å². The Bertz CT molecular complexity index is 515. The second-order valence-corrected chi connectivity index (χ2v) is 3.97. The van der Waals surface area contributed by atoms with Crippen molar-refractivity contribution in [3.05, 3.63) is 48.0 Å². The fraction of sp³-hybridized carbons (Fsp3) is 0.231. The standard InChI is InChI=1S/C13H13N3/c1-10(2)13-15-7-8-16(13)12-5-3-11(9-14)4-6-12/h3-8,10H,1-2H3. The molecule has 3 heteroatoms. The zero-order valence-corrected chi connectivity index (χ0v) is 9.38. The Hall–Kier alpha value is -2.08. The normalized spacial score (nSPS) is 10.4. The summed E-state index contributed by atoms with van der Waals surface area (Å²) in [5.41, 5.74) is 1.72. The number of rotatable bonds is 2. The van der Waals surface area contributed by atoms with Crippen molar-refractivity contribution in [3.8, 4) is 11.8 Å². The molecule has 1 heterocycles. The van der Waals surface area contributed by atoms with E-state index < -0.39 is 0 Å². The summed E-state index contributed by atoms with van der Waals surface area (Å²) in [6.07, 6.45) is 3.74. The van der Waals surface area contributed by atoms with Gasteiger partial charge in [0.05, 0.1) is 11.6 Å². The van der Waals surface area contributed by atoms with Crippen molar-refractivity contribution in [3.63, 3.8) is 0 Å². The van der Waals surface area contributed by atoms with Gasteiger partial charge in [-0.2, -0.15) is 5.26 Å². The molecule has 0 fully saturated rings. The molecule has 0 N–H and O–H groups in total. The van der Waals surface area contributed by atoms with Gasteiger partial charge < -0.3 is 4.57 Å². The van der Waals surface area contributed by atoms with Crippen molar-refractivity contribution in [1.82, 2.24) is 9.55 Å². The van der Waals surface area contributed by atoms with Gasteiger partial charge in [0, 0.05) is 24.0 Å². The van der Waals surface area contributed by atoms with Gasteiger partial charge in [0.15, 0.2) is 0 Å². The van der Waals surface area contributed by atoms with E-state index in [2.05, 4.69) is 24.9 Å². The number of benzene rings is 1. The number of hydrogen-bond donors (Lipinski definition) is 0. The maximum absolute atomic E-state index is 8.73. The Labute approximate surface area is 95.0 Å². The van der Waals surface area contributed by atoms with Crippen LogP contribution in [0.3, 0.4) is 0 Å². The van der Waals surface area contributed by atoms with Crippen LogP contribution in [0.2, 0.25) is 0 Å². The van der Waals surface area contributed by atoms with Crippen molar-refractivity contribution in [2.24, 2.45) is 0 Å². The first-order valence-electron chi connectivity index (χ1n) is 5.26. The Morgan fingerprint density at radius 1 is 1.25 bits per heavy atom. The Balaban J connectivity index is 2.43. The van der Waals surface area contributed by atoms with E-state index in [1.807, 2.05) is 35.0 Å². The van der Waals surface area contributed by atoms with E-state index in [1.54, 1.807) is 6.20 Å². The van der Waals surface area contributed by atoms with Crippen LogP contribution in [-0.4, -0.2) is 9.55 Å². The average Bonchev–Trinajstić information content (AvgIpc) is 2.78. The average molecular weight is 211 g/mol. The second-order valence-electron chi connectivity index (χ2n) is 3.97. The molecule has 0 atom stereocenters. The molecule has 16 heavy (non-hydrogen) atoms. The summed E-state index contributed by atoms with van der Waals surface area (Å²) in [6.45, 7) is 4.23. The number of imidazole rings is 1. The zero-order valence-electron chi connectivity index (χ0n) is 9.38. The molecule has 0 aliphatic rings. The summed E-state index contributed by atoms with van der Waals surface area (Å²) in [5.74, 6) is 1.41. The Morgan fingerprint density at radius 3 is 2.50 bits per heavy atom. The van der Waals surface area contributed by atoms with Gasteiger partial charge in [-0.15, -0.1) is 0 Å². The van der Waals surface area contributed by atoms with Crippen LogP contribution in [0.5, 0.6) is 0 Å². The maximum atomic E-state index is 8.73. The van der Waals surface area contributed by atoms with Crippen molar-refractivity contribution in [1.29, 1.82) is 5.26 Å². The molecular formula is C13H13N3. The highest BCUT2D eigenvalue weighted by molar-refractivity contribution is 5.40. The van der Waals surface area contributed by atoms with Crippen LogP contribution < -0.4 is 0 Å². The van der Waals surface area contributed by atoms with E-state index in [0.29, 0.717) is 11.5 Å². The molecule has 80 valence electrons. The molecule has 1 aromatic heterocycles. The van der Waals surface area contributed by atoms with Crippen molar-refractivity contribution >= 4 is 0 Å². The van der Waals surface area contributed by atoms with Crippen LogP contribution in [0.4, 0.5) is 0 Å². The van der Waals surface area contributed by atoms with Crippen molar-refractivity contribution in [2.45, 2.75) is 19.8 Å². The minimum absolute atomic E-state index is 0.380. The largest absolute Gasteiger partial charge is 0.304 e. The third-order valence-electron chi connectivity index (χ3n) is 2.46. The first-order chi connectivity index (χ1) is 7.72. The summed E-state index contributed by atoms with van der Waals surface area (Å²) in [4.78, 5) is 4.33. The lowest BCUT2D eigenvalue weighted by Crippen LogP contribution is -2.02. The number of nitrogens with zero attached hydrogens (tertiary/aromatic N) is 3. The highest BCUT2D eigenvalue weighted by atomic mass is 15.1. The number of nitriles is 1. The predicted molar refractivity (Wildman–Crippen MR) is 62.4 cm³/mol. The molecule has 0 spiro atoms. The molecule has 0 unspecified atom stereocenters. The van der Waals surface area contributed by atoms with E-state index in [9.17, 15) is 0 Å². The molecule has 2 aromatic rings. The van der Waals surface area contributed by atoms with Gasteiger partial charge in [-0.05, 0) is 24.3 Å². The summed E-state index contributed by atoms with van der Waals surface area (Å²) in [6, 6.07) is 9.62. The van der Waals surface area contributed by atoms with E-state index in [-0.39, 0.29) is 0 Å². The highest BCUT2D eigenvalue weighted by Gasteiger charge is 2.08. The van der Waals surface area contributed by atoms with E-state index in [1.165, 1.54) is 0 Å². The molecule has 0 aliphatic carbocycles. The summed E-state index contributed by atoms with van der Waals surface area (Å²) in [7, 11) is 0. The quantitative estimate of drug-likeness (QED) is 0.766. The van der Waals surface area contributed by atoms with Crippen LogP contribution in [0.15, 0.2) is 36.7 Å². The fourth-order valence-electron chi connectivity index (χ4n) is 1.66. The lowest BCUT2D eigenvalue weighted by molar-refractivity contribution is 0.752. The smallest absolute Gasteiger partial charge is 0.115 e. The van der Waals surface area contributed by atoms with Gasteiger partial charge in [-0.1, -0.05) is 13.8 Å². The molecule has 0 bridgehead atoms. The van der Waals surface area contributed by atoms with Crippen molar-refractivity contribution in [2.75, 3.05) is 0 Å². The highest BCUT2D eigenvalue weighted by Crippen LogP contribution is 2.17. The first-order valence-corrected chi connectivity index (χ1v) is 5.26. The summed E-state index contributed by atoms with van der Waals surface area (Å²) < 4.78 is 2.05. The fourth-order valence-corrected chi connectivity index (χ4v) is 1.66. The van der Waals surface area contributed by atoms with Gasteiger partial charge >= 0.3 is 0 Å². The van der Waals surface area contributed by atoms with Gasteiger partial charge in [-0.3, -0.25) is 0 Å². The zero-order chi connectivity index (χ0) is 11.5. The minimum Gasteiger partial charge on any atom is -0.304 e. The van der Waals surface area contributed by atoms with E-state index >= 15 is 0 Å². The lowest BCUT2D eigenvalue weighted by Gasteiger charge is -2.09. The van der Waals surface area contributed by atoms with Crippen LogP contribution in [-0.2, 0) is 0 Å². The Morgan fingerprint density at radius 2 is 1.94 bits per heavy atom. The molecular weight excluding hydrogens is 198 g/mol. The second kappa shape index (κ2) is 4.19. The monoisotopic (exact) mass is 211 g/mol. The minimum atomic E-state index is 0.380. The van der Waals surface area contributed by atoms with Gasteiger partial charge in [-0.25, -0.2) is 4.98 Å². The third-order valence-corrected chi connectivity index (χ3v) is 2.46. The van der Waals surface area contributed by atoms with Crippen LogP contribution in [0.25, 0.3) is 5.69 Å². The SMILES string of the molecule is CC(C)c1nccn1-c1ccc(C#N)cc1. The molecule has 0 amide bonds. The topological polar surface area (TPSA) is 41.6 Å². The van der Waals surface area contributed by atoms with E-state index in [0.717, 1.165) is 11.5 Å². The first kappa shape index (κ1) is 10.4. The van der Waals surface area contributed by atoms with Crippen LogP contribution in [0, 0.1) is 11.3 Å². The Kier molecular flexibility index (Phi) is 2.74. The number of hydrogen-bond acceptors (Lipinski definition) is 2. The molecule has 0 aliphatic heterocycles. The maximum Gasteiger partial charge on any atom is 0.115 e. The van der Waals surface area contributed by atoms with E-state index in [4.69, 9.17) is 5.26 Å². The molecule has 2 rings (SSSR count). The summed E-state index contributed by atoms with van der Waals surface area (Å²) in [5, 5.41) is 8.73. The predicted octanol–water partition coefficient (Wildman–Crippen LogP) is 2.87. The van der Waals surface area contributed by atoms with Crippen molar-refractivity contribution < 1.29 is 0 Å². The van der Waals surface area contributed by atoms with Crippen LogP contribution >= 0.6 is 0 Å². The number of aromatic nitrogens is 2. The van der Waals surface area contributed by atoms with Gasteiger partial charge in [0.25, 0.3) is 0 Å². The molecule has 0 saturated heterocycles.